The van der Waals surface area contributed by atoms with Gasteiger partial charge < -0.3 is 15.2 Å². The molecule has 5 heteroatoms. The molecular formula is C9H13BrN2O2. The molecule has 0 fully saturated rings. The molecule has 14 heavy (non-hydrogen) atoms. The number of ether oxygens (including phenoxy) is 2. The van der Waals surface area contributed by atoms with Crippen molar-refractivity contribution in [3.8, 4) is 5.75 Å². The molecule has 0 aromatic carbocycles. The summed E-state index contributed by atoms with van der Waals surface area (Å²) in [6.07, 6.45) is 3.16. The predicted octanol–water partition coefficient (Wildman–Crippen LogP) is 1.84. The monoisotopic (exact) mass is 260 g/mol. The van der Waals surface area contributed by atoms with Crippen molar-refractivity contribution in [3.05, 3.63) is 16.9 Å². The molecule has 0 spiro atoms. The first-order valence-electron chi connectivity index (χ1n) is 4.19. The molecule has 2 N–H and O–H groups in total. The number of rotatable bonds is 4. The van der Waals surface area contributed by atoms with E-state index in [4.69, 9.17) is 15.2 Å². The molecule has 4 nitrogen and oxygen atoms in total. The van der Waals surface area contributed by atoms with Crippen LogP contribution in [0.5, 0.6) is 5.75 Å². The highest BCUT2D eigenvalue weighted by molar-refractivity contribution is 9.10. The summed E-state index contributed by atoms with van der Waals surface area (Å²) >= 11 is 3.32. The molecule has 1 aromatic heterocycles. The van der Waals surface area contributed by atoms with Crippen LogP contribution < -0.4 is 10.5 Å². The quantitative estimate of drug-likeness (QED) is 0.898. The molecular weight excluding hydrogens is 248 g/mol. The van der Waals surface area contributed by atoms with Gasteiger partial charge in [-0.05, 0) is 22.9 Å². The van der Waals surface area contributed by atoms with Crippen LogP contribution in [0, 0.1) is 0 Å². The number of nitrogen functional groups attached to an aromatic ring is 1. The molecule has 0 bridgehead atoms. The van der Waals surface area contributed by atoms with Gasteiger partial charge in [-0.3, -0.25) is 4.98 Å². The summed E-state index contributed by atoms with van der Waals surface area (Å²) < 4.78 is 11.3. The van der Waals surface area contributed by atoms with E-state index in [2.05, 4.69) is 20.9 Å². The van der Waals surface area contributed by atoms with Crippen molar-refractivity contribution >= 4 is 21.6 Å². The summed E-state index contributed by atoms with van der Waals surface area (Å²) in [7, 11) is 1.63. The number of aromatic nitrogens is 1. The summed E-state index contributed by atoms with van der Waals surface area (Å²) in [5, 5.41) is 0. The van der Waals surface area contributed by atoms with Crippen LogP contribution in [0.15, 0.2) is 16.9 Å². The Labute approximate surface area is 91.5 Å². The average Bonchev–Trinajstić information content (AvgIpc) is 2.12. The Kier molecular flexibility index (Phi) is 4.16. The van der Waals surface area contributed by atoms with Crippen LogP contribution in [0.4, 0.5) is 5.69 Å². The predicted molar refractivity (Wildman–Crippen MR) is 58.3 cm³/mol. The van der Waals surface area contributed by atoms with Gasteiger partial charge >= 0.3 is 0 Å². The number of anilines is 1. The maximum absolute atomic E-state index is 5.71. The Morgan fingerprint density at radius 3 is 2.86 bits per heavy atom. The Hall–Kier alpha value is -0.810. The lowest BCUT2D eigenvalue weighted by Crippen LogP contribution is -2.18. The summed E-state index contributed by atoms with van der Waals surface area (Å²) in [5.74, 6) is 0.615. The molecule has 1 heterocycles. The average molecular weight is 261 g/mol. The second-order valence-electron chi connectivity index (χ2n) is 2.92. The van der Waals surface area contributed by atoms with Gasteiger partial charge in [-0.2, -0.15) is 0 Å². The molecule has 0 aliphatic rings. The molecule has 1 atom stereocenters. The third-order valence-electron chi connectivity index (χ3n) is 1.60. The first kappa shape index (κ1) is 11.3. The Bertz CT molecular complexity index is 287. The van der Waals surface area contributed by atoms with E-state index in [1.165, 1.54) is 0 Å². The van der Waals surface area contributed by atoms with Crippen LogP contribution in [-0.2, 0) is 4.74 Å². The molecule has 0 saturated heterocycles. The zero-order chi connectivity index (χ0) is 10.6. The van der Waals surface area contributed by atoms with E-state index in [-0.39, 0.29) is 6.10 Å². The van der Waals surface area contributed by atoms with E-state index in [0.29, 0.717) is 18.0 Å². The lowest BCUT2D eigenvalue weighted by Gasteiger charge is -2.15. The topological polar surface area (TPSA) is 57.4 Å². The van der Waals surface area contributed by atoms with Crippen molar-refractivity contribution in [2.75, 3.05) is 19.5 Å². The molecule has 0 radical (unpaired) electrons. The Morgan fingerprint density at radius 2 is 2.29 bits per heavy atom. The first-order chi connectivity index (χ1) is 6.65. The maximum Gasteiger partial charge on any atom is 0.160 e. The van der Waals surface area contributed by atoms with Crippen LogP contribution in [0.1, 0.15) is 6.92 Å². The molecule has 1 unspecified atom stereocenters. The molecule has 1 rings (SSSR count). The highest BCUT2D eigenvalue weighted by Crippen LogP contribution is 2.30. The lowest BCUT2D eigenvalue weighted by molar-refractivity contribution is 0.0920. The van der Waals surface area contributed by atoms with Gasteiger partial charge in [0.1, 0.15) is 6.10 Å². The molecule has 0 aliphatic carbocycles. The van der Waals surface area contributed by atoms with E-state index in [9.17, 15) is 0 Å². The van der Waals surface area contributed by atoms with Crippen LogP contribution in [-0.4, -0.2) is 24.8 Å². The van der Waals surface area contributed by atoms with Crippen molar-refractivity contribution in [1.82, 2.24) is 4.98 Å². The lowest BCUT2D eigenvalue weighted by atomic mass is 10.3. The molecule has 1 aromatic rings. The summed E-state index contributed by atoms with van der Waals surface area (Å²) in [4.78, 5) is 3.91. The smallest absolute Gasteiger partial charge is 0.160 e. The van der Waals surface area contributed by atoms with Gasteiger partial charge in [0.05, 0.1) is 23.0 Å². The Balaban J connectivity index is 2.75. The standard InChI is InChI=1S/C9H13BrN2O2/c1-6(5-13-2)14-9-7(10)3-12-4-8(9)11/h3-4,6H,5,11H2,1-2H3. The fourth-order valence-electron chi connectivity index (χ4n) is 1.03. The number of hydrogen-bond donors (Lipinski definition) is 1. The SMILES string of the molecule is COCC(C)Oc1c(N)cncc1Br. The van der Waals surface area contributed by atoms with E-state index >= 15 is 0 Å². The number of methoxy groups -OCH3 is 1. The molecule has 0 saturated carbocycles. The number of pyridine rings is 1. The van der Waals surface area contributed by atoms with Crippen LogP contribution >= 0.6 is 15.9 Å². The van der Waals surface area contributed by atoms with E-state index in [1.807, 2.05) is 6.92 Å². The van der Waals surface area contributed by atoms with Crippen molar-refractivity contribution in [2.45, 2.75) is 13.0 Å². The zero-order valence-corrected chi connectivity index (χ0v) is 9.74. The maximum atomic E-state index is 5.71. The second kappa shape index (κ2) is 5.17. The van der Waals surface area contributed by atoms with E-state index in [0.717, 1.165) is 4.47 Å². The van der Waals surface area contributed by atoms with Crippen molar-refractivity contribution in [2.24, 2.45) is 0 Å². The summed E-state index contributed by atoms with van der Waals surface area (Å²) in [5.41, 5.74) is 6.22. The number of nitrogens with zero attached hydrogens (tertiary/aromatic N) is 1. The van der Waals surface area contributed by atoms with Gasteiger partial charge in [0.2, 0.25) is 0 Å². The summed E-state index contributed by atoms with van der Waals surface area (Å²) in [6.45, 7) is 2.43. The number of nitrogens with two attached hydrogens (primary N) is 1. The van der Waals surface area contributed by atoms with E-state index in [1.54, 1.807) is 19.5 Å². The van der Waals surface area contributed by atoms with Crippen LogP contribution in [0.3, 0.4) is 0 Å². The first-order valence-corrected chi connectivity index (χ1v) is 4.99. The van der Waals surface area contributed by atoms with Gasteiger partial charge in [-0.25, -0.2) is 0 Å². The van der Waals surface area contributed by atoms with Crippen molar-refractivity contribution < 1.29 is 9.47 Å². The van der Waals surface area contributed by atoms with Gasteiger partial charge in [0.15, 0.2) is 5.75 Å². The number of hydrogen-bond acceptors (Lipinski definition) is 4. The van der Waals surface area contributed by atoms with Gasteiger partial charge in [-0.1, -0.05) is 0 Å². The fraction of sp³-hybridized carbons (Fsp3) is 0.444. The molecule has 0 amide bonds. The third kappa shape index (κ3) is 2.85. The minimum absolute atomic E-state index is 0.0407. The van der Waals surface area contributed by atoms with Crippen molar-refractivity contribution in [1.29, 1.82) is 0 Å². The normalized spacial score (nSPS) is 12.5. The third-order valence-corrected chi connectivity index (χ3v) is 2.17. The zero-order valence-electron chi connectivity index (χ0n) is 8.16. The molecule has 78 valence electrons. The fourth-order valence-corrected chi connectivity index (χ4v) is 1.47. The van der Waals surface area contributed by atoms with Crippen LogP contribution in [0.25, 0.3) is 0 Å². The summed E-state index contributed by atoms with van der Waals surface area (Å²) in [6, 6.07) is 0. The van der Waals surface area contributed by atoms with Gasteiger partial charge in [0, 0.05) is 13.3 Å². The minimum Gasteiger partial charge on any atom is -0.485 e. The Morgan fingerprint density at radius 1 is 1.57 bits per heavy atom. The van der Waals surface area contributed by atoms with Crippen LogP contribution in [0.2, 0.25) is 0 Å². The highest BCUT2D eigenvalue weighted by Gasteiger charge is 2.10. The van der Waals surface area contributed by atoms with Gasteiger partial charge in [-0.15, -0.1) is 0 Å². The minimum atomic E-state index is -0.0407. The largest absolute Gasteiger partial charge is 0.485 e. The van der Waals surface area contributed by atoms with Crippen molar-refractivity contribution in [3.63, 3.8) is 0 Å². The second-order valence-corrected chi connectivity index (χ2v) is 3.78. The number of halogens is 1. The molecule has 0 aliphatic heterocycles. The highest BCUT2D eigenvalue weighted by atomic mass is 79.9. The van der Waals surface area contributed by atoms with E-state index < -0.39 is 0 Å². The van der Waals surface area contributed by atoms with Gasteiger partial charge in [0.25, 0.3) is 0 Å².